The average Bonchev–Trinajstić information content (AvgIpc) is 2.34. The molecule has 0 N–H and O–H groups in total. The molecular weight excluding hydrogens is 164 g/mol. The summed E-state index contributed by atoms with van der Waals surface area (Å²) in [5.41, 5.74) is 1.23. The summed E-state index contributed by atoms with van der Waals surface area (Å²) in [6, 6.07) is 7.89. The number of benzene rings is 1. The van der Waals surface area contributed by atoms with E-state index in [1.807, 2.05) is 24.3 Å². The molecule has 1 aromatic rings. The molecular formula is C7H6OS2. The van der Waals surface area contributed by atoms with Crippen LogP contribution < -0.4 is 0 Å². The normalized spacial score (nSPS) is 22.7. The number of hydrogen-bond donors (Lipinski definition) is 0. The van der Waals surface area contributed by atoms with E-state index in [0.29, 0.717) is 0 Å². The molecule has 1 aliphatic rings. The molecule has 0 radical (unpaired) electrons. The van der Waals surface area contributed by atoms with Gasteiger partial charge in [-0.15, -0.1) is 0 Å². The van der Waals surface area contributed by atoms with Gasteiger partial charge < -0.3 is 4.55 Å². The molecule has 1 aromatic carbocycles. The van der Waals surface area contributed by atoms with Crippen molar-refractivity contribution in [3.63, 3.8) is 0 Å². The predicted molar refractivity (Wildman–Crippen MR) is 44.1 cm³/mol. The molecule has 52 valence electrons. The second-order valence-electron chi connectivity index (χ2n) is 2.10. The minimum absolute atomic E-state index is 0.781. The summed E-state index contributed by atoms with van der Waals surface area (Å²) >= 11 is 0. The number of hydrogen-bond acceptors (Lipinski definition) is 2. The fourth-order valence-electron chi connectivity index (χ4n) is 0.966. The lowest BCUT2D eigenvalue weighted by atomic mass is 10.2. The Morgan fingerprint density at radius 3 is 3.00 bits per heavy atom. The van der Waals surface area contributed by atoms with Gasteiger partial charge >= 0.3 is 0 Å². The molecule has 0 aliphatic carbocycles. The predicted octanol–water partition coefficient (Wildman–Crippen LogP) is 1.96. The zero-order chi connectivity index (χ0) is 6.97. The third-order valence-corrected chi connectivity index (χ3v) is 4.41. The molecule has 2 rings (SSSR count). The molecule has 0 amide bonds. The molecule has 3 heteroatoms. The smallest absolute Gasteiger partial charge is 0.169 e. The first-order valence-corrected chi connectivity index (χ1v) is 5.66. The minimum Gasteiger partial charge on any atom is -0.600 e. The van der Waals surface area contributed by atoms with E-state index in [9.17, 15) is 4.55 Å². The van der Waals surface area contributed by atoms with Gasteiger partial charge in [0.15, 0.2) is 4.90 Å². The van der Waals surface area contributed by atoms with E-state index in [0.717, 1.165) is 10.6 Å². The molecule has 1 atom stereocenters. The fraction of sp³-hybridized carbons (Fsp3) is 0.143. The van der Waals surface area contributed by atoms with Crippen molar-refractivity contribution < 1.29 is 4.55 Å². The standard InChI is InChI=1S/C7H6OS2/c8-10-7-4-2-1-3-6(7)5-9-10/h1-4H,5H2. The van der Waals surface area contributed by atoms with Gasteiger partial charge in [-0.25, -0.2) is 0 Å². The van der Waals surface area contributed by atoms with Crippen molar-refractivity contribution in [1.29, 1.82) is 0 Å². The van der Waals surface area contributed by atoms with Crippen molar-refractivity contribution >= 4 is 21.0 Å². The van der Waals surface area contributed by atoms with Gasteiger partial charge in [0.2, 0.25) is 0 Å². The van der Waals surface area contributed by atoms with Crippen LogP contribution in [-0.2, 0) is 16.0 Å². The molecule has 0 aromatic heterocycles. The Morgan fingerprint density at radius 1 is 1.40 bits per heavy atom. The second kappa shape index (κ2) is 2.49. The van der Waals surface area contributed by atoms with E-state index in [1.165, 1.54) is 16.4 Å². The topological polar surface area (TPSA) is 23.1 Å². The van der Waals surface area contributed by atoms with Crippen molar-refractivity contribution in [2.45, 2.75) is 10.6 Å². The van der Waals surface area contributed by atoms with Crippen molar-refractivity contribution in [2.75, 3.05) is 0 Å². The second-order valence-corrected chi connectivity index (χ2v) is 5.15. The molecule has 0 bridgehead atoms. The van der Waals surface area contributed by atoms with E-state index >= 15 is 0 Å². The minimum atomic E-state index is -0.781. The van der Waals surface area contributed by atoms with Gasteiger partial charge in [0.1, 0.15) is 10.8 Å². The van der Waals surface area contributed by atoms with Crippen LogP contribution in [0.1, 0.15) is 5.56 Å². The van der Waals surface area contributed by atoms with Crippen molar-refractivity contribution in [2.24, 2.45) is 0 Å². The van der Waals surface area contributed by atoms with Crippen LogP contribution in [0.2, 0.25) is 0 Å². The number of rotatable bonds is 0. The van der Waals surface area contributed by atoms with Gasteiger partial charge in [-0.05, 0) is 6.07 Å². The Balaban J connectivity index is 2.51. The maximum atomic E-state index is 11.1. The van der Waals surface area contributed by atoms with E-state index in [2.05, 4.69) is 0 Å². The molecule has 1 nitrogen and oxygen atoms in total. The highest BCUT2D eigenvalue weighted by Crippen LogP contribution is 2.36. The maximum absolute atomic E-state index is 11.1. The molecule has 1 unspecified atom stereocenters. The third kappa shape index (κ3) is 0.944. The largest absolute Gasteiger partial charge is 0.600 e. The Morgan fingerprint density at radius 2 is 2.20 bits per heavy atom. The van der Waals surface area contributed by atoms with Gasteiger partial charge in [-0.3, -0.25) is 0 Å². The molecule has 1 aliphatic heterocycles. The lowest BCUT2D eigenvalue weighted by Gasteiger charge is -1.97. The summed E-state index contributed by atoms with van der Waals surface area (Å²) in [5, 5.41) is 0. The van der Waals surface area contributed by atoms with Crippen LogP contribution in [-0.4, -0.2) is 4.55 Å². The first kappa shape index (κ1) is 6.58. The SMILES string of the molecule is [O-][S+]1SCc2ccccc21. The highest BCUT2D eigenvalue weighted by molar-refractivity contribution is 8.72. The van der Waals surface area contributed by atoms with Crippen LogP contribution in [0.4, 0.5) is 0 Å². The highest BCUT2D eigenvalue weighted by atomic mass is 33.1. The van der Waals surface area contributed by atoms with E-state index < -0.39 is 10.2 Å². The number of fused-ring (bicyclic) bond motifs is 1. The first-order chi connectivity index (χ1) is 4.88. The zero-order valence-electron chi connectivity index (χ0n) is 5.24. The van der Waals surface area contributed by atoms with Crippen molar-refractivity contribution in [3.8, 4) is 0 Å². The summed E-state index contributed by atoms with van der Waals surface area (Å²) in [7, 11) is 0.717. The molecule has 1 heterocycles. The van der Waals surface area contributed by atoms with E-state index in [1.54, 1.807) is 0 Å². The van der Waals surface area contributed by atoms with Crippen molar-refractivity contribution in [3.05, 3.63) is 29.8 Å². The summed E-state index contributed by atoms with van der Waals surface area (Å²) in [5.74, 6) is 0.906. The Labute approximate surface area is 66.4 Å². The molecule has 0 spiro atoms. The van der Waals surface area contributed by atoms with Gasteiger partial charge in [0, 0.05) is 5.56 Å². The van der Waals surface area contributed by atoms with Gasteiger partial charge in [0.05, 0.1) is 16.0 Å². The summed E-state index contributed by atoms with van der Waals surface area (Å²) in [6.07, 6.45) is 0. The summed E-state index contributed by atoms with van der Waals surface area (Å²) in [4.78, 5) is 1.01. The van der Waals surface area contributed by atoms with Gasteiger partial charge in [0.25, 0.3) is 0 Å². The molecule has 10 heavy (non-hydrogen) atoms. The zero-order valence-corrected chi connectivity index (χ0v) is 6.87. The van der Waals surface area contributed by atoms with Crippen LogP contribution in [0.25, 0.3) is 0 Å². The molecule has 0 saturated heterocycles. The van der Waals surface area contributed by atoms with Gasteiger partial charge in [-0.2, -0.15) is 0 Å². The fourth-order valence-corrected chi connectivity index (χ4v) is 3.78. The van der Waals surface area contributed by atoms with E-state index in [-0.39, 0.29) is 0 Å². The first-order valence-electron chi connectivity index (χ1n) is 3.01. The summed E-state index contributed by atoms with van der Waals surface area (Å²) in [6.45, 7) is 0. The summed E-state index contributed by atoms with van der Waals surface area (Å²) < 4.78 is 11.1. The Hall–Kier alpha value is -0.120. The molecule has 0 fully saturated rings. The highest BCUT2D eigenvalue weighted by Gasteiger charge is 2.25. The average molecular weight is 170 g/mol. The van der Waals surface area contributed by atoms with Crippen molar-refractivity contribution in [1.82, 2.24) is 0 Å². The quantitative estimate of drug-likeness (QED) is 0.439. The molecule has 0 saturated carbocycles. The monoisotopic (exact) mass is 170 g/mol. The van der Waals surface area contributed by atoms with Crippen LogP contribution in [0, 0.1) is 0 Å². The Bertz CT molecular complexity index is 249. The lowest BCUT2D eigenvalue weighted by molar-refractivity contribution is 0.610. The van der Waals surface area contributed by atoms with Crippen LogP contribution >= 0.6 is 10.8 Å². The maximum Gasteiger partial charge on any atom is 0.169 e. The lowest BCUT2D eigenvalue weighted by Crippen LogP contribution is -1.88. The van der Waals surface area contributed by atoms with Gasteiger partial charge in [-0.1, -0.05) is 18.2 Å². The third-order valence-electron chi connectivity index (χ3n) is 1.47. The van der Waals surface area contributed by atoms with Crippen LogP contribution in [0.3, 0.4) is 0 Å². The van der Waals surface area contributed by atoms with Crippen LogP contribution in [0.5, 0.6) is 0 Å². The Kier molecular flexibility index (Phi) is 1.64. The van der Waals surface area contributed by atoms with Crippen LogP contribution in [0.15, 0.2) is 29.2 Å². The van der Waals surface area contributed by atoms with E-state index in [4.69, 9.17) is 0 Å².